The Morgan fingerprint density at radius 1 is 1.21 bits per heavy atom. The number of carbonyl (C=O) groups excluding carboxylic acids is 1. The summed E-state index contributed by atoms with van der Waals surface area (Å²) < 4.78 is 13.2. The van der Waals surface area contributed by atoms with Gasteiger partial charge in [-0.3, -0.25) is 4.79 Å². The minimum atomic E-state index is -1.19. The fourth-order valence-corrected chi connectivity index (χ4v) is 2.47. The maximum absolute atomic E-state index is 13.2. The first-order valence-electron chi connectivity index (χ1n) is 7.65. The molecule has 6 nitrogen and oxygen atoms in total. The molecule has 0 bridgehead atoms. The first-order valence-corrected chi connectivity index (χ1v) is 7.65. The number of carboxylic acids is 1. The number of hydrogen-bond donors (Lipinski definition) is 1. The zero-order valence-corrected chi connectivity index (χ0v) is 12.9. The number of rotatable bonds is 6. The molecule has 0 radical (unpaired) electrons. The molecule has 1 fully saturated rings. The van der Waals surface area contributed by atoms with E-state index < -0.39 is 5.97 Å². The number of carbonyl (C=O) groups is 2. The summed E-state index contributed by atoms with van der Waals surface area (Å²) in [7, 11) is 0. The predicted octanol–water partition coefficient (Wildman–Crippen LogP) is 2.16. The Morgan fingerprint density at radius 3 is 2.50 bits per heavy atom. The molecular weight excluding hydrogens is 313 g/mol. The van der Waals surface area contributed by atoms with Gasteiger partial charge in [-0.2, -0.15) is 0 Å². The van der Waals surface area contributed by atoms with Gasteiger partial charge in [-0.15, -0.1) is 0 Å². The van der Waals surface area contributed by atoms with Crippen LogP contribution >= 0.6 is 0 Å². The van der Waals surface area contributed by atoms with Crippen LogP contribution in [0.2, 0.25) is 0 Å². The van der Waals surface area contributed by atoms with Crippen LogP contribution < -0.4 is 0 Å². The average Bonchev–Trinajstić information content (AvgIpc) is 3.40. The van der Waals surface area contributed by atoms with Gasteiger partial charge in [0.25, 0.3) is 5.91 Å². The molecule has 1 aromatic heterocycles. The number of benzene rings is 1. The Hall–Kier alpha value is -2.83. The molecule has 0 unspecified atom stereocenters. The van der Waals surface area contributed by atoms with Gasteiger partial charge in [0, 0.05) is 12.6 Å². The van der Waals surface area contributed by atoms with E-state index in [1.165, 1.54) is 18.3 Å². The number of carboxylic acid groups (broad SMARTS) is 1. The van der Waals surface area contributed by atoms with Crippen LogP contribution in [-0.2, 0) is 6.42 Å². The van der Waals surface area contributed by atoms with E-state index >= 15 is 0 Å². The van der Waals surface area contributed by atoms with E-state index in [0.717, 1.165) is 24.6 Å². The van der Waals surface area contributed by atoms with Crippen molar-refractivity contribution in [3.8, 4) is 0 Å². The monoisotopic (exact) mass is 329 g/mol. The van der Waals surface area contributed by atoms with Gasteiger partial charge in [-0.1, -0.05) is 12.1 Å². The summed E-state index contributed by atoms with van der Waals surface area (Å²) in [6, 6.07) is 6.46. The molecular formula is C17H16FN3O3. The molecule has 0 saturated heterocycles. The Morgan fingerprint density at radius 2 is 1.92 bits per heavy atom. The second kappa shape index (κ2) is 6.74. The number of amides is 1. The van der Waals surface area contributed by atoms with E-state index in [9.17, 15) is 14.0 Å². The highest BCUT2D eigenvalue weighted by Crippen LogP contribution is 2.28. The van der Waals surface area contributed by atoms with Gasteiger partial charge in [0.15, 0.2) is 5.69 Å². The Labute approximate surface area is 138 Å². The normalized spacial score (nSPS) is 13.5. The van der Waals surface area contributed by atoms with Crippen LogP contribution in [-0.4, -0.2) is 44.4 Å². The van der Waals surface area contributed by atoms with Gasteiger partial charge >= 0.3 is 5.97 Å². The lowest BCUT2D eigenvalue weighted by Gasteiger charge is -2.22. The SMILES string of the molecule is O=C(O)c1cnc(C(=O)N(CCc2cccc(F)c2)C2CC2)cn1. The quantitative estimate of drug-likeness (QED) is 0.878. The fourth-order valence-electron chi connectivity index (χ4n) is 2.47. The molecule has 0 atom stereocenters. The molecule has 1 aliphatic carbocycles. The van der Waals surface area contributed by atoms with Crippen molar-refractivity contribution >= 4 is 11.9 Å². The molecule has 2 aromatic rings. The van der Waals surface area contributed by atoms with Gasteiger partial charge in [0.05, 0.1) is 12.4 Å². The Bertz CT molecular complexity index is 760. The van der Waals surface area contributed by atoms with Crippen LogP contribution in [0.25, 0.3) is 0 Å². The van der Waals surface area contributed by atoms with Crippen LogP contribution in [0.3, 0.4) is 0 Å². The Balaban J connectivity index is 1.70. The van der Waals surface area contributed by atoms with Crippen LogP contribution in [0.5, 0.6) is 0 Å². The zero-order chi connectivity index (χ0) is 17.1. The molecule has 1 heterocycles. The lowest BCUT2D eigenvalue weighted by molar-refractivity contribution is 0.0684. The van der Waals surface area contributed by atoms with Crippen molar-refractivity contribution < 1.29 is 19.1 Å². The van der Waals surface area contributed by atoms with Crippen molar-refractivity contribution in [3.05, 3.63) is 59.4 Å². The van der Waals surface area contributed by atoms with Crippen molar-refractivity contribution in [1.82, 2.24) is 14.9 Å². The molecule has 1 aliphatic rings. The Kier molecular flexibility index (Phi) is 4.50. The summed E-state index contributed by atoms with van der Waals surface area (Å²) in [6.45, 7) is 0.454. The second-order valence-corrected chi connectivity index (χ2v) is 5.70. The van der Waals surface area contributed by atoms with E-state index in [1.54, 1.807) is 11.0 Å². The molecule has 1 amide bonds. The average molecular weight is 329 g/mol. The van der Waals surface area contributed by atoms with Gasteiger partial charge in [0.1, 0.15) is 11.5 Å². The zero-order valence-electron chi connectivity index (χ0n) is 12.9. The van der Waals surface area contributed by atoms with Crippen molar-refractivity contribution in [2.24, 2.45) is 0 Å². The van der Waals surface area contributed by atoms with E-state index in [-0.39, 0.29) is 29.2 Å². The number of halogens is 1. The minimum Gasteiger partial charge on any atom is -0.476 e. The topological polar surface area (TPSA) is 83.4 Å². The highest BCUT2D eigenvalue weighted by Gasteiger charge is 2.33. The van der Waals surface area contributed by atoms with E-state index in [0.29, 0.717) is 13.0 Å². The van der Waals surface area contributed by atoms with Crippen molar-refractivity contribution in [2.75, 3.05) is 6.54 Å². The van der Waals surface area contributed by atoms with Crippen LogP contribution in [0, 0.1) is 5.82 Å². The van der Waals surface area contributed by atoms with Crippen molar-refractivity contribution in [3.63, 3.8) is 0 Å². The minimum absolute atomic E-state index is 0.117. The van der Waals surface area contributed by atoms with Gasteiger partial charge < -0.3 is 10.0 Å². The van der Waals surface area contributed by atoms with Crippen LogP contribution in [0.1, 0.15) is 39.4 Å². The number of hydrogen-bond acceptors (Lipinski definition) is 4. The standard InChI is InChI=1S/C17H16FN3O3/c18-12-3-1-2-11(8-12)6-7-21(13-4-5-13)16(22)14-9-20-15(10-19-14)17(23)24/h1-3,8-10,13H,4-7H2,(H,23,24). The highest BCUT2D eigenvalue weighted by atomic mass is 19.1. The summed E-state index contributed by atoms with van der Waals surface area (Å²) in [5.74, 6) is -1.77. The summed E-state index contributed by atoms with van der Waals surface area (Å²) in [5.41, 5.74) is 0.733. The first kappa shape index (κ1) is 16.0. The maximum Gasteiger partial charge on any atom is 0.356 e. The molecule has 0 aliphatic heterocycles. The molecule has 0 spiro atoms. The molecule has 1 saturated carbocycles. The van der Waals surface area contributed by atoms with E-state index in [4.69, 9.17) is 5.11 Å². The summed E-state index contributed by atoms with van der Waals surface area (Å²) >= 11 is 0. The van der Waals surface area contributed by atoms with Crippen LogP contribution in [0.4, 0.5) is 4.39 Å². The summed E-state index contributed by atoms with van der Waals surface area (Å²) in [6.07, 6.45) is 4.66. The van der Waals surface area contributed by atoms with E-state index in [2.05, 4.69) is 9.97 Å². The van der Waals surface area contributed by atoms with Crippen molar-refractivity contribution in [1.29, 1.82) is 0 Å². The second-order valence-electron chi connectivity index (χ2n) is 5.70. The molecule has 1 N–H and O–H groups in total. The van der Waals surface area contributed by atoms with Gasteiger partial charge in [-0.05, 0) is 37.0 Å². The number of aromatic nitrogens is 2. The smallest absolute Gasteiger partial charge is 0.356 e. The third-order valence-electron chi connectivity index (χ3n) is 3.87. The largest absolute Gasteiger partial charge is 0.476 e. The van der Waals surface area contributed by atoms with Gasteiger partial charge in [-0.25, -0.2) is 19.2 Å². The number of nitrogens with zero attached hydrogens (tertiary/aromatic N) is 3. The number of aromatic carboxylic acids is 1. The molecule has 7 heteroatoms. The van der Waals surface area contributed by atoms with Crippen molar-refractivity contribution in [2.45, 2.75) is 25.3 Å². The van der Waals surface area contributed by atoms with Crippen LogP contribution in [0.15, 0.2) is 36.7 Å². The summed E-state index contributed by atoms with van der Waals surface area (Å²) in [4.78, 5) is 32.7. The molecule has 1 aromatic carbocycles. The molecule has 24 heavy (non-hydrogen) atoms. The van der Waals surface area contributed by atoms with Gasteiger partial charge in [0.2, 0.25) is 0 Å². The maximum atomic E-state index is 13.2. The molecule has 124 valence electrons. The third kappa shape index (κ3) is 3.73. The fraction of sp³-hybridized carbons (Fsp3) is 0.294. The molecule has 3 rings (SSSR count). The summed E-state index contributed by atoms with van der Waals surface area (Å²) in [5, 5.41) is 8.83. The first-order chi connectivity index (χ1) is 11.5. The lowest BCUT2D eigenvalue weighted by atomic mass is 10.1. The lowest BCUT2D eigenvalue weighted by Crippen LogP contribution is -2.35. The third-order valence-corrected chi connectivity index (χ3v) is 3.87. The van der Waals surface area contributed by atoms with E-state index in [1.807, 2.05) is 6.07 Å². The highest BCUT2D eigenvalue weighted by molar-refractivity contribution is 5.93. The predicted molar refractivity (Wildman–Crippen MR) is 83.2 cm³/mol.